The van der Waals surface area contributed by atoms with Crippen molar-refractivity contribution in [3.05, 3.63) is 60.1 Å². The third-order valence-electron chi connectivity index (χ3n) is 4.85. The predicted molar refractivity (Wildman–Crippen MR) is 139 cm³/mol. The highest BCUT2D eigenvalue weighted by Crippen LogP contribution is 2.34. The van der Waals surface area contributed by atoms with Crippen molar-refractivity contribution >= 4 is 61.6 Å². The summed E-state index contributed by atoms with van der Waals surface area (Å²) in [6.07, 6.45) is 2.98. The van der Waals surface area contributed by atoms with Crippen molar-refractivity contribution < 1.29 is 19.4 Å². The van der Waals surface area contributed by atoms with Crippen molar-refractivity contribution in [2.45, 2.75) is 39.2 Å². The monoisotopic (exact) mass is 627 g/mol. The first-order valence-electron chi connectivity index (χ1n) is 10.3. The number of carboxylic acids is 1. The summed E-state index contributed by atoms with van der Waals surface area (Å²) in [7, 11) is 1.48. The summed E-state index contributed by atoms with van der Waals surface area (Å²) in [5, 5.41) is 14.1. The van der Waals surface area contributed by atoms with E-state index >= 15 is 0 Å². The zero-order valence-corrected chi connectivity index (χ0v) is 22.1. The van der Waals surface area contributed by atoms with Crippen molar-refractivity contribution in [2.24, 2.45) is 5.10 Å². The van der Waals surface area contributed by atoms with E-state index in [0.717, 1.165) is 17.3 Å². The second kappa shape index (κ2) is 11.1. The van der Waals surface area contributed by atoms with Crippen LogP contribution in [0.4, 0.5) is 0 Å². The Labute approximate surface area is 212 Å². The Morgan fingerprint density at radius 3 is 2.79 bits per heavy atom. The van der Waals surface area contributed by atoms with E-state index in [-0.39, 0.29) is 5.56 Å². The smallest absolute Gasteiger partial charge is 0.344 e. The second-order valence-corrected chi connectivity index (χ2v) is 9.36. The Hall–Kier alpha value is -2.47. The molecule has 1 aromatic heterocycles. The number of hydrogen-bond acceptors (Lipinski definition) is 6. The number of aryl methyl sites for hydroxylation is 1. The van der Waals surface area contributed by atoms with Gasteiger partial charge in [0.05, 0.1) is 27.8 Å². The molecule has 2 aromatic carbocycles. The van der Waals surface area contributed by atoms with Gasteiger partial charge >= 0.3 is 5.97 Å². The highest BCUT2D eigenvalue weighted by molar-refractivity contribution is 14.1. The number of nitrogens with zero attached hydrogens (tertiary/aromatic N) is 3. The number of aliphatic carboxylic acids is 1. The number of carbonyl (C=O) groups is 1. The molecule has 0 aliphatic heterocycles. The van der Waals surface area contributed by atoms with Crippen LogP contribution in [0.25, 0.3) is 10.9 Å². The molecule has 0 spiro atoms. The normalized spacial score (nSPS) is 12.3. The fraction of sp³-hybridized carbons (Fsp3) is 0.304. The maximum atomic E-state index is 13.2. The zero-order chi connectivity index (χ0) is 24.1. The van der Waals surface area contributed by atoms with Gasteiger partial charge in [0, 0.05) is 10.9 Å². The molecule has 3 rings (SSSR count). The summed E-state index contributed by atoms with van der Waals surface area (Å²) in [6.45, 7) is 3.52. The van der Waals surface area contributed by atoms with Gasteiger partial charge in [-0.05, 0) is 71.8 Å². The molecular formula is C23H23BrIN3O5. The predicted octanol–water partition coefficient (Wildman–Crippen LogP) is 4.85. The summed E-state index contributed by atoms with van der Waals surface area (Å²) in [5.41, 5.74) is 1.04. The fourth-order valence-corrected chi connectivity index (χ4v) is 4.20. The largest absolute Gasteiger partial charge is 0.493 e. The number of benzene rings is 2. The molecule has 0 bridgehead atoms. The molecule has 174 valence electrons. The maximum absolute atomic E-state index is 13.2. The first-order chi connectivity index (χ1) is 15.7. The summed E-state index contributed by atoms with van der Waals surface area (Å²) < 4.78 is 13.7. The van der Waals surface area contributed by atoms with Gasteiger partial charge in [0.25, 0.3) is 5.56 Å². The Kier molecular flexibility index (Phi) is 8.46. The minimum atomic E-state index is -1.08. The SMILES string of the molecule is CCCCc1nc2ccc(Br)cc2c(=O)n1N=Cc1cc(I)c(O[C@H](C)C(=O)O)c(OC)c1. The van der Waals surface area contributed by atoms with Gasteiger partial charge in [-0.25, -0.2) is 9.78 Å². The first kappa shape index (κ1) is 25.2. The van der Waals surface area contributed by atoms with Crippen LogP contribution in [0.3, 0.4) is 0 Å². The fourth-order valence-electron chi connectivity index (χ4n) is 3.09. The average molecular weight is 628 g/mol. The molecule has 8 nitrogen and oxygen atoms in total. The van der Waals surface area contributed by atoms with Crippen LogP contribution in [0.5, 0.6) is 11.5 Å². The number of unbranched alkanes of at least 4 members (excludes halogenated alkanes) is 1. The summed E-state index contributed by atoms with van der Waals surface area (Å²) >= 11 is 5.45. The van der Waals surface area contributed by atoms with Crippen LogP contribution >= 0.6 is 38.5 Å². The highest BCUT2D eigenvalue weighted by Gasteiger charge is 2.19. The van der Waals surface area contributed by atoms with Crippen molar-refractivity contribution in [1.29, 1.82) is 0 Å². The Morgan fingerprint density at radius 2 is 2.12 bits per heavy atom. The number of hydrogen-bond donors (Lipinski definition) is 1. The molecule has 1 atom stereocenters. The van der Waals surface area contributed by atoms with E-state index in [4.69, 9.17) is 14.6 Å². The van der Waals surface area contributed by atoms with Crippen molar-refractivity contribution in [1.82, 2.24) is 9.66 Å². The Balaban J connectivity index is 2.05. The van der Waals surface area contributed by atoms with Crippen LogP contribution in [0, 0.1) is 3.57 Å². The molecule has 1 heterocycles. The minimum Gasteiger partial charge on any atom is -0.493 e. The molecule has 0 radical (unpaired) electrons. The molecule has 1 N–H and O–H groups in total. The number of fused-ring (bicyclic) bond motifs is 1. The quantitative estimate of drug-likeness (QED) is 0.269. The van der Waals surface area contributed by atoms with Crippen LogP contribution in [0.15, 0.2) is 44.7 Å². The number of carboxylic acid groups (broad SMARTS) is 1. The lowest BCUT2D eigenvalue weighted by molar-refractivity contribution is -0.144. The Morgan fingerprint density at radius 1 is 1.36 bits per heavy atom. The van der Waals surface area contributed by atoms with E-state index in [2.05, 4.69) is 32.9 Å². The summed E-state index contributed by atoms with van der Waals surface area (Å²) in [4.78, 5) is 29.0. The van der Waals surface area contributed by atoms with E-state index in [1.54, 1.807) is 24.4 Å². The molecule has 0 unspecified atom stereocenters. The lowest BCUT2D eigenvalue weighted by atomic mass is 10.2. The van der Waals surface area contributed by atoms with Crippen LogP contribution < -0.4 is 15.0 Å². The van der Waals surface area contributed by atoms with Gasteiger partial charge in [0.15, 0.2) is 17.6 Å². The van der Waals surface area contributed by atoms with Crippen LogP contribution in [0.1, 0.15) is 38.1 Å². The highest BCUT2D eigenvalue weighted by atomic mass is 127. The van der Waals surface area contributed by atoms with E-state index in [1.807, 2.05) is 34.7 Å². The zero-order valence-electron chi connectivity index (χ0n) is 18.3. The molecule has 0 aliphatic carbocycles. The third kappa shape index (κ3) is 5.91. The maximum Gasteiger partial charge on any atom is 0.344 e. The number of methoxy groups -OCH3 is 1. The summed E-state index contributed by atoms with van der Waals surface area (Å²) in [5.74, 6) is 0.219. The Bertz CT molecular complexity index is 1280. The van der Waals surface area contributed by atoms with E-state index in [1.165, 1.54) is 18.7 Å². The van der Waals surface area contributed by atoms with Crippen LogP contribution in [-0.2, 0) is 11.2 Å². The van der Waals surface area contributed by atoms with Crippen LogP contribution in [0.2, 0.25) is 0 Å². The molecule has 0 amide bonds. The van der Waals surface area contributed by atoms with Gasteiger partial charge in [0.1, 0.15) is 5.82 Å². The molecule has 0 saturated carbocycles. The van der Waals surface area contributed by atoms with E-state index < -0.39 is 12.1 Å². The minimum absolute atomic E-state index is 0.249. The van der Waals surface area contributed by atoms with Crippen molar-refractivity contribution in [3.8, 4) is 11.5 Å². The molecule has 3 aromatic rings. The molecule has 0 saturated heterocycles. The first-order valence-corrected chi connectivity index (χ1v) is 12.1. The third-order valence-corrected chi connectivity index (χ3v) is 6.14. The number of ether oxygens (including phenoxy) is 2. The molecular weight excluding hydrogens is 605 g/mol. The van der Waals surface area contributed by atoms with Gasteiger partial charge in [-0.1, -0.05) is 29.3 Å². The lowest BCUT2D eigenvalue weighted by Crippen LogP contribution is -2.23. The van der Waals surface area contributed by atoms with E-state index in [9.17, 15) is 9.59 Å². The molecule has 10 heteroatoms. The van der Waals surface area contributed by atoms with Crippen molar-refractivity contribution in [2.75, 3.05) is 7.11 Å². The summed E-state index contributed by atoms with van der Waals surface area (Å²) in [6, 6.07) is 8.86. The van der Waals surface area contributed by atoms with Crippen molar-refractivity contribution in [3.63, 3.8) is 0 Å². The lowest BCUT2D eigenvalue weighted by Gasteiger charge is -2.16. The average Bonchev–Trinajstić information content (AvgIpc) is 2.78. The van der Waals surface area contributed by atoms with Gasteiger partial charge < -0.3 is 14.6 Å². The standard InChI is InChI=1S/C23H23BrIN3O5/c1-4-5-6-20-27-18-8-7-15(24)11-16(18)22(29)28(20)26-12-14-9-17(25)21(19(10-14)32-3)33-13(2)23(30)31/h7-13H,4-6H2,1-3H3,(H,30,31)/t13-/m1/s1. The number of rotatable bonds is 9. The van der Waals surface area contributed by atoms with Gasteiger partial charge in [-0.2, -0.15) is 9.78 Å². The molecule has 0 aliphatic rings. The second-order valence-electron chi connectivity index (χ2n) is 7.29. The molecule has 0 fully saturated rings. The number of halogens is 2. The van der Waals surface area contributed by atoms with Gasteiger partial charge in [-0.15, -0.1) is 0 Å². The van der Waals surface area contributed by atoms with Crippen LogP contribution in [-0.4, -0.2) is 40.2 Å². The topological polar surface area (TPSA) is 103 Å². The van der Waals surface area contributed by atoms with E-state index in [0.29, 0.717) is 43.8 Å². The van der Waals surface area contributed by atoms with Gasteiger partial charge in [-0.3, -0.25) is 4.79 Å². The number of aromatic nitrogens is 2. The molecule has 33 heavy (non-hydrogen) atoms. The van der Waals surface area contributed by atoms with Gasteiger partial charge in [0.2, 0.25) is 0 Å².